The molecule has 0 bridgehead atoms. The van der Waals surface area contributed by atoms with Crippen molar-refractivity contribution in [2.75, 3.05) is 0 Å². The Bertz CT molecular complexity index is 71.5. The van der Waals surface area contributed by atoms with Gasteiger partial charge in [-0.2, -0.15) is 0 Å². The van der Waals surface area contributed by atoms with Crippen LogP contribution in [0.5, 0.6) is 0 Å². The molecular weight excluding hydrogens is 345 g/mol. The molecule has 0 aromatic rings. The Balaban J connectivity index is 4.43. The van der Waals surface area contributed by atoms with Gasteiger partial charge in [-0.15, -0.1) is 0 Å². The van der Waals surface area contributed by atoms with Gasteiger partial charge < -0.3 is 0 Å². The predicted octanol–water partition coefficient (Wildman–Crippen LogP) is 0.328. The molecule has 0 aromatic heterocycles. The van der Waals surface area contributed by atoms with Gasteiger partial charge in [-0.25, -0.2) is 0 Å². The summed E-state index contributed by atoms with van der Waals surface area (Å²) in [6.07, 6.45) is 0. The molecular formula is H5Cl3N2OPt. The van der Waals surface area contributed by atoms with Gasteiger partial charge in [-0.05, 0) is 0 Å². The van der Waals surface area contributed by atoms with Crippen molar-refractivity contribution in [2.24, 2.45) is 8.58 Å². The molecule has 0 amide bonds. The molecule has 0 saturated heterocycles. The van der Waals surface area contributed by atoms with Crippen molar-refractivity contribution in [1.29, 1.82) is 0 Å². The van der Waals surface area contributed by atoms with Gasteiger partial charge in [0.05, 0.1) is 0 Å². The van der Waals surface area contributed by atoms with E-state index >= 15 is 0 Å². The van der Waals surface area contributed by atoms with Crippen molar-refractivity contribution in [3.05, 3.63) is 0 Å². The van der Waals surface area contributed by atoms with Crippen LogP contribution in [0.3, 0.4) is 0 Å². The van der Waals surface area contributed by atoms with Crippen molar-refractivity contribution in [1.82, 2.24) is 0 Å². The second kappa shape index (κ2) is 1.14. The average Bonchev–Trinajstić information content (AvgIpc) is 0.592. The fourth-order valence-corrected chi connectivity index (χ4v) is 0. The molecule has 0 aliphatic carbocycles. The van der Waals surface area contributed by atoms with E-state index in [9.17, 15) is 0 Å². The third-order valence-electron chi connectivity index (χ3n) is 0. The van der Waals surface area contributed by atoms with Crippen LogP contribution < -0.4 is 8.58 Å². The van der Waals surface area contributed by atoms with Crippen LogP contribution in [0, 0.1) is 0 Å². The van der Waals surface area contributed by atoms with E-state index in [2.05, 4.69) is 8.58 Å². The van der Waals surface area contributed by atoms with Gasteiger partial charge in [0, 0.05) is 0 Å². The van der Waals surface area contributed by atoms with Crippen LogP contribution >= 0.6 is 28.3 Å². The summed E-state index contributed by atoms with van der Waals surface area (Å²) in [5.41, 5.74) is 0. The summed E-state index contributed by atoms with van der Waals surface area (Å²) in [6, 6.07) is 0. The first kappa shape index (κ1) is 8.44. The van der Waals surface area contributed by atoms with Gasteiger partial charge in [0.1, 0.15) is 0 Å². The van der Waals surface area contributed by atoms with Crippen LogP contribution in [0.2, 0.25) is 0 Å². The summed E-state index contributed by atoms with van der Waals surface area (Å²) in [4.78, 5) is 0. The fourth-order valence-electron chi connectivity index (χ4n) is 0. The normalized spacial score (nSPS) is 23.1. The third kappa shape index (κ3) is 106. The Morgan fingerprint density at radius 2 is 1.14 bits per heavy atom. The summed E-state index contributed by atoms with van der Waals surface area (Å²) < 4.78 is 17.8. The van der Waals surface area contributed by atoms with E-state index < -0.39 is 11.3 Å². The van der Waals surface area contributed by atoms with Crippen molar-refractivity contribution >= 4 is 28.3 Å². The second-order valence-corrected chi connectivity index (χ2v) is 26.3. The Labute approximate surface area is 51.8 Å². The molecule has 7 heteroatoms. The molecule has 0 fully saturated rings. The maximum atomic E-state index is 8.49. The van der Waals surface area contributed by atoms with Crippen LogP contribution in [0.25, 0.3) is 0 Å². The number of halogens is 3. The van der Waals surface area contributed by atoms with E-state index in [1.54, 1.807) is 0 Å². The van der Waals surface area contributed by atoms with Gasteiger partial charge in [-0.1, -0.05) is 0 Å². The van der Waals surface area contributed by atoms with Gasteiger partial charge in [0.2, 0.25) is 0 Å². The first-order valence-corrected chi connectivity index (χ1v) is 13.0. The molecule has 0 spiro atoms. The SMILES string of the molecule is [NH2][Pt]([NH2])([OH])([Cl])([Cl])[Cl]. The van der Waals surface area contributed by atoms with Gasteiger partial charge >= 0.3 is 51.9 Å². The second-order valence-electron chi connectivity index (χ2n) is 0.979. The third-order valence-corrected chi connectivity index (χ3v) is 0. The van der Waals surface area contributed by atoms with E-state index in [1.165, 1.54) is 0 Å². The molecule has 0 rings (SSSR count). The molecule has 0 aromatic carbocycles. The minimum atomic E-state index is -5.70. The monoisotopic (exact) mass is 349 g/mol. The first-order chi connectivity index (χ1) is 2.45. The molecule has 5 N–H and O–H groups in total. The molecule has 0 saturated carbocycles. The van der Waals surface area contributed by atoms with Gasteiger partial charge in [-0.3, -0.25) is 0 Å². The quantitative estimate of drug-likeness (QED) is 0.589. The van der Waals surface area contributed by atoms with Crippen molar-refractivity contribution < 1.29 is 15.1 Å². The maximum absolute atomic E-state index is 8.49. The van der Waals surface area contributed by atoms with Crippen molar-refractivity contribution in [3.63, 3.8) is 0 Å². The Morgan fingerprint density at radius 3 is 1.14 bits per heavy atom. The Hall–Kier alpha value is 1.44. The number of hydrogen-bond acceptors (Lipinski definition) is 3. The first-order valence-electron chi connectivity index (χ1n) is 0.865. The molecule has 0 aliphatic rings. The number of hydrogen-bond donors (Lipinski definition) is 3. The summed E-state index contributed by atoms with van der Waals surface area (Å²) in [5.74, 6) is 0. The summed E-state index contributed by atoms with van der Waals surface area (Å²) >= 11 is -5.70. The fraction of sp³-hybridized carbons (Fsp3) is 0. The van der Waals surface area contributed by atoms with E-state index in [-0.39, 0.29) is 0 Å². The van der Waals surface area contributed by atoms with E-state index in [0.717, 1.165) is 0 Å². The van der Waals surface area contributed by atoms with E-state index in [1.807, 2.05) is 0 Å². The molecule has 3 nitrogen and oxygen atoms in total. The average molecular weight is 350 g/mol. The molecule has 0 heterocycles. The summed E-state index contributed by atoms with van der Waals surface area (Å²) in [5, 5.41) is 0. The Morgan fingerprint density at radius 1 is 1.14 bits per heavy atom. The summed E-state index contributed by atoms with van der Waals surface area (Å²) in [7, 11) is 14.6. The molecule has 0 unspecified atom stereocenters. The number of rotatable bonds is 0. The zero-order chi connectivity index (χ0) is 6.41. The number of nitrogens with two attached hydrogens (primary N) is 2. The topological polar surface area (TPSA) is 72.3 Å². The standard InChI is InChI=1S/3ClH.2H2N.H2O.Pt/h3*1H;3*1H2;/q;;;2*-1;;+6/p-4. The Kier molecular flexibility index (Phi) is 1.38. The van der Waals surface area contributed by atoms with Crippen LogP contribution in [0.4, 0.5) is 0 Å². The molecule has 0 aliphatic heterocycles. The summed E-state index contributed by atoms with van der Waals surface area (Å²) in [6.45, 7) is 0. The van der Waals surface area contributed by atoms with Crippen molar-refractivity contribution in [2.45, 2.75) is 0 Å². The zero-order valence-electron chi connectivity index (χ0n) is 3.05. The van der Waals surface area contributed by atoms with Crippen LogP contribution in [-0.2, 0) is 11.3 Å². The van der Waals surface area contributed by atoms with Crippen molar-refractivity contribution in [3.8, 4) is 0 Å². The minimum absolute atomic E-state index is 4.65. The van der Waals surface area contributed by atoms with E-state index in [0.29, 0.717) is 0 Å². The molecule has 52 valence electrons. The molecule has 0 atom stereocenters. The van der Waals surface area contributed by atoms with Crippen LogP contribution in [0.1, 0.15) is 0 Å². The molecule has 7 heavy (non-hydrogen) atoms. The van der Waals surface area contributed by atoms with Gasteiger partial charge in [0.15, 0.2) is 0 Å². The zero-order valence-corrected chi connectivity index (χ0v) is 7.59. The predicted molar refractivity (Wildman–Crippen MR) is 28.2 cm³/mol. The van der Waals surface area contributed by atoms with Crippen LogP contribution in [-0.4, -0.2) is 3.76 Å². The van der Waals surface area contributed by atoms with Gasteiger partial charge in [0.25, 0.3) is 0 Å². The van der Waals surface area contributed by atoms with Crippen LogP contribution in [0.15, 0.2) is 0 Å². The van der Waals surface area contributed by atoms with E-state index in [4.69, 9.17) is 32.0 Å². The molecule has 0 radical (unpaired) electrons.